The van der Waals surface area contributed by atoms with Gasteiger partial charge in [-0.2, -0.15) is 11.8 Å². The van der Waals surface area contributed by atoms with E-state index in [9.17, 15) is 5.11 Å². The second-order valence-electron chi connectivity index (χ2n) is 3.49. The third-order valence-electron chi connectivity index (χ3n) is 2.49. The van der Waals surface area contributed by atoms with Crippen molar-refractivity contribution in [1.29, 1.82) is 0 Å². The van der Waals surface area contributed by atoms with E-state index in [1.165, 1.54) is 0 Å². The number of ether oxygens (including phenoxy) is 2. The summed E-state index contributed by atoms with van der Waals surface area (Å²) in [6, 6.07) is 3.71. The van der Waals surface area contributed by atoms with Crippen molar-refractivity contribution >= 4 is 11.8 Å². The van der Waals surface area contributed by atoms with Crippen LogP contribution in [0.15, 0.2) is 12.1 Å². The van der Waals surface area contributed by atoms with Crippen LogP contribution in [-0.2, 0) is 0 Å². The highest BCUT2D eigenvalue weighted by molar-refractivity contribution is 7.98. The summed E-state index contributed by atoms with van der Waals surface area (Å²) in [5, 5.41) is 9.98. The largest absolute Gasteiger partial charge is 0.496 e. The van der Waals surface area contributed by atoms with Crippen LogP contribution in [0, 0.1) is 6.92 Å². The fraction of sp³-hybridized carbons (Fsp3) is 0.500. The van der Waals surface area contributed by atoms with Gasteiger partial charge < -0.3 is 14.6 Å². The summed E-state index contributed by atoms with van der Waals surface area (Å²) >= 11 is 1.60. The van der Waals surface area contributed by atoms with Gasteiger partial charge in [0.2, 0.25) is 0 Å². The van der Waals surface area contributed by atoms with Crippen molar-refractivity contribution in [3.05, 3.63) is 23.3 Å². The third-order valence-corrected chi connectivity index (χ3v) is 3.14. The Balaban J connectivity index is 3.14. The topological polar surface area (TPSA) is 38.7 Å². The first-order valence-corrected chi connectivity index (χ1v) is 6.43. The molecule has 1 aromatic carbocycles. The van der Waals surface area contributed by atoms with E-state index >= 15 is 0 Å². The monoisotopic (exact) mass is 242 g/mol. The number of hydrogen-bond donors (Lipinski definition) is 1. The lowest BCUT2D eigenvalue weighted by Crippen LogP contribution is -2.05. The minimum absolute atomic E-state index is 0.505. The summed E-state index contributed by atoms with van der Waals surface area (Å²) in [4.78, 5) is 0. The summed E-state index contributed by atoms with van der Waals surface area (Å²) in [7, 11) is 3.23. The molecule has 0 radical (unpaired) electrons. The third kappa shape index (κ3) is 2.62. The lowest BCUT2D eigenvalue weighted by atomic mass is 10.0. The number of benzene rings is 1. The van der Waals surface area contributed by atoms with Gasteiger partial charge in [-0.25, -0.2) is 0 Å². The van der Waals surface area contributed by atoms with Crippen LogP contribution in [0.25, 0.3) is 0 Å². The summed E-state index contributed by atoms with van der Waals surface area (Å²) < 4.78 is 10.6. The van der Waals surface area contributed by atoms with Crippen molar-refractivity contribution in [3.8, 4) is 11.5 Å². The normalized spacial score (nSPS) is 12.3. The molecule has 0 aliphatic rings. The Morgan fingerprint density at radius 2 is 2.00 bits per heavy atom. The molecule has 0 saturated carbocycles. The van der Waals surface area contributed by atoms with Crippen LogP contribution in [-0.4, -0.2) is 31.3 Å². The van der Waals surface area contributed by atoms with E-state index in [2.05, 4.69) is 0 Å². The predicted molar refractivity (Wildman–Crippen MR) is 67.6 cm³/mol. The molecule has 0 aliphatic heterocycles. The molecule has 0 heterocycles. The molecule has 1 unspecified atom stereocenters. The molecule has 0 aromatic heterocycles. The molecule has 0 amide bonds. The SMILES string of the molecule is COc1ccc(C(O)CSC)c(OC)c1C. The molecular formula is C12H18O3S. The molecule has 1 rings (SSSR count). The Bertz CT molecular complexity index is 352. The molecule has 1 N–H and O–H groups in total. The highest BCUT2D eigenvalue weighted by Crippen LogP contribution is 2.35. The average Bonchev–Trinajstić information content (AvgIpc) is 2.28. The maximum absolute atomic E-state index is 9.98. The van der Waals surface area contributed by atoms with Crippen molar-refractivity contribution in [2.24, 2.45) is 0 Å². The van der Waals surface area contributed by atoms with Crippen LogP contribution in [0.1, 0.15) is 17.2 Å². The maximum Gasteiger partial charge on any atom is 0.131 e. The van der Waals surface area contributed by atoms with Gasteiger partial charge in [-0.1, -0.05) is 0 Å². The summed E-state index contributed by atoms with van der Waals surface area (Å²) in [6.07, 6.45) is 1.46. The molecule has 0 aliphatic carbocycles. The first kappa shape index (κ1) is 13.2. The van der Waals surface area contributed by atoms with E-state index in [1.54, 1.807) is 26.0 Å². The molecule has 0 saturated heterocycles. The Labute approximate surface area is 101 Å². The van der Waals surface area contributed by atoms with Crippen molar-refractivity contribution in [3.63, 3.8) is 0 Å². The van der Waals surface area contributed by atoms with Gasteiger partial charge in [-0.15, -0.1) is 0 Å². The van der Waals surface area contributed by atoms with Gasteiger partial charge in [0.25, 0.3) is 0 Å². The van der Waals surface area contributed by atoms with Crippen LogP contribution in [0.4, 0.5) is 0 Å². The average molecular weight is 242 g/mol. The fourth-order valence-electron chi connectivity index (χ4n) is 1.70. The van der Waals surface area contributed by atoms with Crippen LogP contribution in [0.5, 0.6) is 11.5 Å². The first-order valence-electron chi connectivity index (χ1n) is 5.04. The molecule has 1 atom stereocenters. The number of aliphatic hydroxyl groups is 1. The summed E-state index contributed by atoms with van der Waals surface area (Å²) in [5.41, 5.74) is 1.73. The van der Waals surface area contributed by atoms with E-state index in [0.29, 0.717) is 11.5 Å². The van der Waals surface area contributed by atoms with Gasteiger partial charge in [0.1, 0.15) is 11.5 Å². The molecule has 0 fully saturated rings. The molecule has 4 heteroatoms. The minimum Gasteiger partial charge on any atom is -0.496 e. The van der Waals surface area contributed by atoms with E-state index in [-0.39, 0.29) is 0 Å². The van der Waals surface area contributed by atoms with Crippen LogP contribution in [0.3, 0.4) is 0 Å². The molecule has 3 nitrogen and oxygen atoms in total. The van der Waals surface area contributed by atoms with Gasteiger partial charge in [-0.05, 0) is 25.3 Å². The van der Waals surface area contributed by atoms with E-state index < -0.39 is 6.10 Å². The Morgan fingerprint density at radius 1 is 1.31 bits per heavy atom. The maximum atomic E-state index is 9.98. The number of rotatable bonds is 5. The summed E-state index contributed by atoms with van der Waals surface area (Å²) in [6.45, 7) is 1.92. The number of hydrogen-bond acceptors (Lipinski definition) is 4. The highest BCUT2D eigenvalue weighted by Gasteiger charge is 2.17. The van der Waals surface area contributed by atoms with Crippen molar-refractivity contribution in [1.82, 2.24) is 0 Å². The number of aliphatic hydroxyl groups excluding tert-OH is 1. The van der Waals surface area contributed by atoms with Crippen molar-refractivity contribution in [2.75, 3.05) is 26.2 Å². The molecule has 16 heavy (non-hydrogen) atoms. The van der Waals surface area contributed by atoms with E-state index in [0.717, 1.165) is 16.9 Å². The van der Waals surface area contributed by atoms with Gasteiger partial charge in [-0.3, -0.25) is 0 Å². The van der Waals surface area contributed by atoms with Crippen molar-refractivity contribution in [2.45, 2.75) is 13.0 Å². The standard InChI is InChI=1S/C12H18O3S/c1-8-11(14-2)6-5-9(12(8)15-3)10(13)7-16-4/h5-6,10,13H,7H2,1-4H3. The van der Waals surface area contributed by atoms with Crippen LogP contribution >= 0.6 is 11.8 Å². The predicted octanol–water partition coefficient (Wildman–Crippen LogP) is 2.41. The molecule has 1 aromatic rings. The molecule has 90 valence electrons. The molecule has 0 bridgehead atoms. The van der Waals surface area contributed by atoms with Crippen LogP contribution < -0.4 is 9.47 Å². The first-order chi connectivity index (χ1) is 7.65. The van der Waals surface area contributed by atoms with Crippen molar-refractivity contribution < 1.29 is 14.6 Å². The Hall–Kier alpha value is -0.870. The fourth-order valence-corrected chi connectivity index (χ4v) is 2.19. The van der Waals surface area contributed by atoms with Crippen LogP contribution in [0.2, 0.25) is 0 Å². The molecular weight excluding hydrogens is 224 g/mol. The number of methoxy groups -OCH3 is 2. The Kier molecular flexibility index (Phi) is 4.96. The lowest BCUT2D eigenvalue weighted by Gasteiger charge is -2.17. The highest BCUT2D eigenvalue weighted by atomic mass is 32.2. The second-order valence-corrected chi connectivity index (χ2v) is 4.40. The van der Waals surface area contributed by atoms with E-state index in [4.69, 9.17) is 9.47 Å². The smallest absolute Gasteiger partial charge is 0.131 e. The molecule has 0 spiro atoms. The zero-order valence-electron chi connectivity index (χ0n) is 10.1. The zero-order chi connectivity index (χ0) is 12.1. The number of thioether (sulfide) groups is 1. The zero-order valence-corrected chi connectivity index (χ0v) is 10.9. The summed E-state index contributed by atoms with van der Waals surface area (Å²) in [5.74, 6) is 2.14. The Morgan fingerprint density at radius 3 is 2.50 bits per heavy atom. The minimum atomic E-state index is -0.505. The van der Waals surface area contributed by atoms with Gasteiger partial charge >= 0.3 is 0 Å². The van der Waals surface area contributed by atoms with Gasteiger partial charge in [0.15, 0.2) is 0 Å². The van der Waals surface area contributed by atoms with Gasteiger partial charge in [0, 0.05) is 16.9 Å². The van der Waals surface area contributed by atoms with Gasteiger partial charge in [0.05, 0.1) is 20.3 Å². The lowest BCUT2D eigenvalue weighted by molar-refractivity contribution is 0.198. The second kappa shape index (κ2) is 6.01. The van der Waals surface area contributed by atoms with E-state index in [1.807, 2.05) is 25.3 Å². The quantitative estimate of drug-likeness (QED) is 0.860.